The van der Waals surface area contributed by atoms with Crippen LogP contribution in [0.1, 0.15) is 34.6 Å². The summed E-state index contributed by atoms with van der Waals surface area (Å²) in [6.45, 7) is 8.67. The van der Waals surface area contributed by atoms with Crippen LogP contribution in [-0.4, -0.2) is 52.0 Å². The Morgan fingerprint density at radius 1 is 1.37 bits per heavy atom. The number of carbonyl (C=O) groups is 2. The van der Waals surface area contributed by atoms with Crippen molar-refractivity contribution in [3.8, 4) is 0 Å². The summed E-state index contributed by atoms with van der Waals surface area (Å²) in [6.07, 6.45) is -1.53. The number of carboxylic acid groups (broad SMARTS) is 1. The summed E-state index contributed by atoms with van der Waals surface area (Å²) in [5.74, 6) is -1.43. The SMILES string of the molecule is C[C@@H]1CN(C(=O)OC(C)(C)C)C[C@@](C)(C(=O)O)[C@H]1O. The molecular formula is C13H23NO5. The lowest BCUT2D eigenvalue weighted by Gasteiger charge is -2.44. The van der Waals surface area contributed by atoms with Gasteiger partial charge in [-0.3, -0.25) is 4.79 Å². The van der Waals surface area contributed by atoms with Gasteiger partial charge in [-0.15, -0.1) is 0 Å². The Bertz CT molecular complexity index is 376. The first-order chi connectivity index (χ1) is 8.47. The van der Waals surface area contributed by atoms with Crippen LogP contribution in [-0.2, 0) is 9.53 Å². The van der Waals surface area contributed by atoms with E-state index in [-0.39, 0.29) is 12.5 Å². The number of nitrogens with zero attached hydrogens (tertiary/aromatic N) is 1. The third-order valence-electron chi connectivity index (χ3n) is 3.36. The maximum atomic E-state index is 12.0. The van der Waals surface area contributed by atoms with Gasteiger partial charge in [0.05, 0.1) is 6.10 Å². The van der Waals surface area contributed by atoms with Gasteiger partial charge in [0.15, 0.2) is 0 Å². The third-order valence-corrected chi connectivity index (χ3v) is 3.36. The molecule has 1 fully saturated rings. The minimum Gasteiger partial charge on any atom is -0.481 e. The minimum absolute atomic E-state index is 0.0528. The van der Waals surface area contributed by atoms with Crippen molar-refractivity contribution in [2.45, 2.75) is 46.3 Å². The fourth-order valence-corrected chi connectivity index (χ4v) is 2.29. The Labute approximate surface area is 113 Å². The highest BCUT2D eigenvalue weighted by molar-refractivity contribution is 5.77. The number of likely N-dealkylation sites (tertiary alicyclic amines) is 1. The monoisotopic (exact) mass is 273 g/mol. The van der Waals surface area contributed by atoms with Crippen LogP contribution in [0.15, 0.2) is 0 Å². The molecule has 0 saturated carbocycles. The number of aliphatic carboxylic acids is 1. The lowest BCUT2D eigenvalue weighted by Crippen LogP contribution is -2.59. The van der Waals surface area contributed by atoms with Crippen LogP contribution < -0.4 is 0 Å². The summed E-state index contributed by atoms with van der Waals surface area (Å²) in [6, 6.07) is 0. The van der Waals surface area contributed by atoms with Crippen molar-refractivity contribution in [1.29, 1.82) is 0 Å². The molecular weight excluding hydrogens is 250 g/mol. The van der Waals surface area contributed by atoms with Crippen LogP contribution in [0.4, 0.5) is 4.79 Å². The summed E-state index contributed by atoms with van der Waals surface area (Å²) in [5, 5.41) is 19.3. The summed E-state index contributed by atoms with van der Waals surface area (Å²) < 4.78 is 5.25. The fraction of sp³-hybridized carbons (Fsp3) is 0.846. The molecule has 0 aliphatic carbocycles. The summed E-state index contributed by atoms with van der Waals surface area (Å²) >= 11 is 0. The molecule has 6 nitrogen and oxygen atoms in total. The van der Waals surface area contributed by atoms with E-state index in [4.69, 9.17) is 4.74 Å². The molecule has 0 spiro atoms. The van der Waals surface area contributed by atoms with Gasteiger partial charge in [-0.2, -0.15) is 0 Å². The molecule has 0 aromatic carbocycles. The molecule has 110 valence electrons. The number of carboxylic acids is 1. The molecule has 1 heterocycles. The van der Waals surface area contributed by atoms with Crippen molar-refractivity contribution in [3.05, 3.63) is 0 Å². The molecule has 0 radical (unpaired) electrons. The van der Waals surface area contributed by atoms with E-state index in [2.05, 4.69) is 0 Å². The number of amides is 1. The van der Waals surface area contributed by atoms with E-state index >= 15 is 0 Å². The first kappa shape index (κ1) is 15.8. The maximum Gasteiger partial charge on any atom is 0.410 e. The van der Waals surface area contributed by atoms with Gasteiger partial charge in [0.25, 0.3) is 0 Å². The molecule has 1 amide bonds. The lowest BCUT2D eigenvalue weighted by atomic mass is 9.75. The Morgan fingerprint density at radius 3 is 2.32 bits per heavy atom. The number of ether oxygens (including phenoxy) is 1. The van der Waals surface area contributed by atoms with Gasteiger partial charge in [-0.1, -0.05) is 6.92 Å². The highest BCUT2D eigenvalue weighted by Gasteiger charge is 2.50. The van der Waals surface area contributed by atoms with Crippen molar-refractivity contribution in [1.82, 2.24) is 4.90 Å². The first-order valence-electron chi connectivity index (χ1n) is 6.37. The molecule has 1 rings (SSSR count). The third kappa shape index (κ3) is 3.37. The van der Waals surface area contributed by atoms with E-state index in [9.17, 15) is 19.8 Å². The molecule has 0 unspecified atom stereocenters. The van der Waals surface area contributed by atoms with Crippen LogP contribution in [0.5, 0.6) is 0 Å². The smallest absolute Gasteiger partial charge is 0.410 e. The number of aliphatic hydroxyl groups excluding tert-OH is 1. The molecule has 1 aliphatic rings. The zero-order chi connectivity index (χ0) is 15.0. The molecule has 2 N–H and O–H groups in total. The quantitative estimate of drug-likeness (QED) is 0.752. The molecule has 3 atom stereocenters. The molecule has 0 aromatic heterocycles. The number of piperidine rings is 1. The second-order valence-corrected chi connectivity index (χ2v) is 6.51. The van der Waals surface area contributed by atoms with Gasteiger partial charge in [0, 0.05) is 19.0 Å². The van der Waals surface area contributed by atoms with Crippen molar-refractivity contribution >= 4 is 12.1 Å². The summed E-state index contributed by atoms with van der Waals surface area (Å²) in [7, 11) is 0. The molecule has 6 heteroatoms. The normalized spacial score (nSPS) is 32.0. The molecule has 0 aromatic rings. The van der Waals surface area contributed by atoms with Gasteiger partial charge in [-0.05, 0) is 27.7 Å². The highest BCUT2D eigenvalue weighted by atomic mass is 16.6. The molecule has 1 saturated heterocycles. The standard InChI is InChI=1S/C13H23NO5/c1-8-6-14(11(18)19-12(2,3)4)7-13(5,9(8)15)10(16)17/h8-9,15H,6-7H2,1-5H3,(H,16,17)/t8-,9+,13-/m1/s1. The zero-order valence-electron chi connectivity index (χ0n) is 12.1. The van der Waals surface area contributed by atoms with Gasteiger partial charge < -0.3 is 19.8 Å². The average Bonchev–Trinajstić information content (AvgIpc) is 2.22. The Morgan fingerprint density at radius 2 is 1.89 bits per heavy atom. The van der Waals surface area contributed by atoms with Gasteiger partial charge in [-0.25, -0.2) is 4.79 Å². The van der Waals surface area contributed by atoms with Crippen molar-refractivity contribution in [3.63, 3.8) is 0 Å². The van der Waals surface area contributed by atoms with E-state index in [1.807, 2.05) is 0 Å². The minimum atomic E-state index is -1.37. The number of aliphatic hydroxyl groups is 1. The highest BCUT2D eigenvalue weighted by Crippen LogP contribution is 2.34. The first-order valence-corrected chi connectivity index (χ1v) is 6.37. The molecule has 1 aliphatic heterocycles. The second-order valence-electron chi connectivity index (χ2n) is 6.51. The molecule has 19 heavy (non-hydrogen) atoms. The van der Waals surface area contributed by atoms with E-state index in [1.54, 1.807) is 27.7 Å². The maximum absolute atomic E-state index is 12.0. The van der Waals surface area contributed by atoms with E-state index in [0.717, 1.165) is 0 Å². The summed E-state index contributed by atoms with van der Waals surface area (Å²) in [4.78, 5) is 24.7. The van der Waals surface area contributed by atoms with Crippen LogP contribution in [0.3, 0.4) is 0 Å². The van der Waals surface area contributed by atoms with Gasteiger partial charge in [0.2, 0.25) is 0 Å². The number of carbonyl (C=O) groups excluding carboxylic acids is 1. The number of hydrogen-bond donors (Lipinski definition) is 2. The van der Waals surface area contributed by atoms with Gasteiger partial charge >= 0.3 is 12.1 Å². The zero-order valence-corrected chi connectivity index (χ0v) is 12.1. The number of hydrogen-bond acceptors (Lipinski definition) is 4. The van der Waals surface area contributed by atoms with Crippen LogP contribution in [0.2, 0.25) is 0 Å². The van der Waals surface area contributed by atoms with Crippen LogP contribution in [0, 0.1) is 11.3 Å². The average molecular weight is 273 g/mol. The van der Waals surface area contributed by atoms with Crippen LogP contribution in [0.25, 0.3) is 0 Å². The largest absolute Gasteiger partial charge is 0.481 e. The van der Waals surface area contributed by atoms with E-state index in [0.29, 0.717) is 6.54 Å². The fourth-order valence-electron chi connectivity index (χ4n) is 2.29. The Kier molecular flexibility index (Phi) is 4.14. The number of rotatable bonds is 1. The Balaban J connectivity index is 2.89. The predicted octanol–water partition coefficient (Wildman–Crippen LogP) is 1.32. The topological polar surface area (TPSA) is 87.1 Å². The second kappa shape index (κ2) is 5.00. The van der Waals surface area contributed by atoms with Crippen molar-refractivity contribution in [2.24, 2.45) is 11.3 Å². The van der Waals surface area contributed by atoms with Crippen molar-refractivity contribution in [2.75, 3.05) is 13.1 Å². The van der Waals surface area contributed by atoms with E-state index < -0.39 is 29.2 Å². The molecule has 0 bridgehead atoms. The predicted molar refractivity (Wildman–Crippen MR) is 68.7 cm³/mol. The van der Waals surface area contributed by atoms with Gasteiger partial charge in [0.1, 0.15) is 11.0 Å². The van der Waals surface area contributed by atoms with Crippen molar-refractivity contribution < 1.29 is 24.5 Å². The van der Waals surface area contributed by atoms with E-state index in [1.165, 1.54) is 11.8 Å². The summed E-state index contributed by atoms with van der Waals surface area (Å²) in [5.41, 5.74) is -2.00. The van der Waals surface area contributed by atoms with Crippen LogP contribution >= 0.6 is 0 Å². The lowest BCUT2D eigenvalue weighted by molar-refractivity contribution is -0.164. The Hall–Kier alpha value is -1.30.